The number of hydrogen-bond donors (Lipinski definition) is 1. The second kappa shape index (κ2) is 7.81. The molecule has 1 N–H and O–H groups in total. The van der Waals surface area contributed by atoms with E-state index in [9.17, 15) is 4.79 Å². The number of para-hydroxylation sites is 1. The van der Waals surface area contributed by atoms with Crippen LogP contribution >= 0.6 is 0 Å². The third-order valence-electron chi connectivity index (χ3n) is 7.41. The van der Waals surface area contributed by atoms with Crippen LogP contribution in [0.4, 0.5) is 5.69 Å². The molecule has 0 bridgehead atoms. The zero-order valence-electron chi connectivity index (χ0n) is 17.8. The minimum absolute atomic E-state index is 0.232. The van der Waals surface area contributed by atoms with Gasteiger partial charge >= 0.3 is 0 Å². The molecule has 5 fully saturated rings. The van der Waals surface area contributed by atoms with E-state index in [1.54, 1.807) is 0 Å². The van der Waals surface area contributed by atoms with E-state index in [2.05, 4.69) is 5.32 Å². The van der Waals surface area contributed by atoms with Gasteiger partial charge in [0.05, 0.1) is 0 Å². The van der Waals surface area contributed by atoms with Crippen molar-refractivity contribution in [1.82, 2.24) is 0 Å². The maximum absolute atomic E-state index is 13.3. The van der Waals surface area contributed by atoms with Crippen LogP contribution in [-0.2, 0) is 28.5 Å². The lowest BCUT2D eigenvalue weighted by Gasteiger charge is -2.36. The summed E-state index contributed by atoms with van der Waals surface area (Å²) in [6.45, 7) is 0. The summed E-state index contributed by atoms with van der Waals surface area (Å²) < 4.78 is 32.2. The highest BCUT2D eigenvalue weighted by molar-refractivity contribution is 5.94. The Bertz CT molecular complexity index is 804. The molecule has 7 nitrogen and oxygen atoms in total. The van der Waals surface area contributed by atoms with Crippen LogP contribution in [0.1, 0.15) is 64.2 Å². The normalized spacial score (nSPS) is 38.0. The molecule has 1 aromatic carbocycles. The summed E-state index contributed by atoms with van der Waals surface area (Å²) in [6.07, 6.45) is 7.39. The van der Waals surface area contributed by atoms with Gasteiger partial charge in [0, 0.05) is 31.4 Å². The lowest BCUT2D eigenvalue weighted by molar-refractivity contribution is -0.246. The number of fused-ring (bicyclic) bond motifs is 3. The molecule has 1 amide bonds. The molecule has 2 spiro atoms. The SMILES string of the molecule is O=C(Nc1ccccc1)[C@@H]1O[C@@H]2OC3(CCCCC3)O[C@@H]2[C@@H]2OC3(CCCCC3)O[C@H]21. The maximum atomic E-state index is 13.3. The largest absolute Gasteiger partial charge is 0.341 e. The zero-order chi connectivity index (χ0) is 20.9. The maximum Gasteiger partial charge on any atom is 0.256 e. The van der Waals surface area contributed by atoms with E-state index in [4.69, 9.17) is 23.7 Å². The highest BCUT2D eigenvalue weighted by Gasteiger charge is 2.65. The van der Waals surface area contributed by atoms with Crippen molar-refractivity contribution in [2.24, 2.45) is 0 Å². The Morgan fingerprint density at radius 3 is 2.00 bits per heavy atom. The summed E-state index contributed by atoms with van der Waals surface area (Å²) in [4.78, 5) is 13.3. The number of rotatable bonds is 2. The molecule has 5 aliphatic rings. The lowest BCUT2D eigenvalue weighted by atomic mass is 9.94. The van der Waals surface area contributed by atoms with Crippen LogP contribution in [0, 0.1) is 0 Å². The van der Waals surface area contributed by atoms with Crippen LogP contribution < -0.4 is 5.32 Å². The number of nitrogens with one attached hydrogen (secondary N) is 1. The van der Waals surface area contributed by atoms with Gasteiger partial charge in [-0.2, -0.15) is 0 Å². The van der Waals surface area contributed by atoms with Gasteiger partial charge in [-0.3, -0.25) is 4.79 Å². The van der Waals surface area contributed by atoms with E-state index in [-0.39, 0.29) is 18.1 Å². The lowest BCUT2D eigenvalue weighted by Crippen LogP contribution is -2.58. The predicted molar refractivity (Wildman–Crippen MR) is 111 cm³/mol. The van der Waals surface area contributed by atoms with Crippen LogP contribution in [0.15, 0.2) is 30.3 Å². The van der Waals surface area contributed by atoms with E-state index >= 15 is 0 Å². The predicted octanol–water partition coefficient (Wildman–Crippen LogP) is 3.87. The molecule has 3 heterocycles. The van der Waals surface area contributed by atoms with Crippen LogP contribution in [0.2, 0.25) is 0 Å². The van der Waals surface area contributed by atoms with Crippen molar-refractivity contribution in [3.05, 3.63) is 30.3 Å². The smallest absolute Gasteiger partial charge is 0.256 e. The highest BCUT2D eigenvalue weighted by Crippen LogP contribution is 2.51. The fourth-order valence-electron chi connectivity index (χ4n) is 5.90. The van der Waals surface area contributed by atoms with E-state index in [1.807, 2.05) is 30.3 Å². The first-order chi connectivity index (χ1) is 15.2. The van der Waals surface area contributed by atoms with Gasteiger partial charge < -0.3 is 29.0 Å². The van der Waals surface area contributed by atoms with Crippen molar-refractivity contribution < 1.29 is 28.5 Å². The molecule has 168 valence electrons. The van der Waals surface area contributed by atoms with Gasteiger partial charge in [0.15, 0.2) is 24.0 Å². The molecule has 3 aliphatic heterocycles. The molecule has 31 heavy (non-hydrogen) atoms. The summed E-state index contributed by atoms with van der Waals surface area (Å²) in [7, 11) is 0. The molecule has 0 unspecified atom stereocenters. The number of carbonyl (C=O) groups is 1. The van der Waals surface area contributed by atoms with Crippen molar-refractivity contribution in [3.63, 3.8) is 0 Å². The average Bonchev–Trinajstić information content (AvgIpc) is 3.33. The molecular weight excluding hydrogens is 398 g/mol. The number of carbonyl (C=O) groups excluding carboxylic acids is 1. The van der Waals surface area contributed by atoms with Gasteiger partial charge in [0.25, 0.3) is 5.91 Å². The Balaban J connectivity index is 1.28. The van der Waals surface area contributed by atoms with E-state index in [0.29, 0.717) is 0 Å². The molecule has 3 saturated heterocycles. The fourth-order valence-corrected chi connectivity index (χ4v) is 5.90. The van der Waals surface area contributed by atoms with E-state index in [1.165, 1.54) is 12.8 Å². The van der Waals surface area contributed by atoms with Crippen molar-refractivity contribution in [2.75, 3.05) is 5.32 Å². The molecule has 0 radical (unpaired) electrons. The Morgan fingerprint density at radius 2 is 1.32 bits per heavy atom. The zero-order valence-corrected chi connectivity index (χ0v) is 17.8. The molecule has 6 rings (SSSR count). The quantitative estimate of drug-likeness (QED) is 0.769. The molecule has 2 aliphatic carbocycles. The molecule has 2 saturated carbocycles. The Kier molecular flexibility index (Phi) is 5.07. The van der Waals surface area contributed by atoms with Gasteiger partial charge in [0.1, 0.15) is 18.3 Å². The van der Waals surface area contributed by atoms with Crippen molar-refractivity contribution in [1.29, 1.82) is 0 Å². The monoisotopic (exact) mass is 429 g/mol. The summed E-state index contributed by atoms with van der Waals surface area (Å²) in [5, 5.41) is 2.97. The second-order valence-corrected chi connectivity index (χ2v) is 9.59. The number of amides is 1. The third kappa shape index (κ3) is 3.60. The molecule has 5 atom stereocenters. The summed E-state index contributed by atoms with van der Waals surface area (Å²) in [5.41, 5.74) is 0.730. The molecule has 0 aromatic heterocycles. The number of benzene rings is 1. The highest BCUT2D eigenvalue weighted by atomic mass is 16.9. The number of anilines is 1. The van der Waals surface area contributed by atoms with E-state index < -0.39 is 30.1 Å². The van der Waals surface area contributed by atoms with Gasteiger partial charge in [-0.05, 0) is 37.8 Å². The van der Waals surface area contributed by atoms with Crippen molar-refractivity contribution >= 4 is 11.6 Å². The van der Waals surface area contributed by atoms with Gasteiger partial charge in [-0.25, -0.2) is 0 Å². The first-order valence-electron chi connectivity index (χ1n) is 11.9. The Morgan fingerprint density at radius 1 is 0.742 bits per heavy atom. The first-order valence-corrected chi connectivity index (χ1v) is 11.9. The first kappa shape index (κ1) is 20.1. The van der Waals surface area contributed by atoms with Crippen molar-refractivity contribution in [2.45, 2.75) is 106 Å². The molecule has 1 aromatic rings. The van der Waals surface area contributed by atoms with Gasteiger partial charge in [-0.15, -0.1) is 0 Å². The molecule has 7 heteroatoms. The van der Waals surface area contributed by atoms with Gasteiger partial charge in [-0.1, -0.05) is 31.0 Å². The summed E-state index contributed by atoms with van der Waals surface area (Å²) >= 11 is 0. The fraction of sp³-hybridized carbons (Fsp3) is 0.708. The Labute approximate surface area is 182 Å². The van der Waals surface area contributed by atoms with Crippen LogP contribution in [0.3, 0.4) is 0 Å². The van der Waals surface area contributed by atoms with Crippen molar-refractivity contribution in [3.8, 4) is 0 Å². The average molecular weight is 430 g/mol. The summed E-state index contributed by atoms with van der Waals surface area (Å²) in [5.74, 6) is -1.48. The topological polar surface area (TPSA) is 75.3 Å². The third-order valence-corrected chi connectivity index (χ3v) is 7.41. The summed E-state index contributed by atoms with van der Waals surface area (Å²) in [6, 6.07) is 9.43. The number of hydrogen-bond acceptors (Lipinski definition) is 6. The number of ether oxygens (including phenoxy) is 5. The standard InChI is InChI=1S/C24H31NO6/c26-21(25-16-10-4-1-5-11-16)19-17-18(29-23(28-17)12-6-2-7-13-23)20-22(27-19)31-24(30-20)14-8-3-9-15-24/h1,4-5,10-11,17-20,22H,2-3,6-9,12-15H2,(H,25,26)/t17-,18-,19-,20-,22-/m1/s1. The van der Waals surface area contributed by atoms with Crippen LogP contribution in [0.25, 0.3) is 0 Å². The minimum atomic E-state index is -0.810. The minimum Gasteiger partial charge on any atom is -0.341 e. The second-order valence-electron chi connectivity index (χ2n) is 9.59. The van der Waals surface area contributed by atoms with Gasteiger partial charge in [0.2, 0.25) is 0 Å². The van der Waals surface area contributed by atoms with E-state index in [0.717, 1.165) is 57.1 Å². The van der Waals surface area contributed by atoms with Crippen LogP contribution in [0.5, 0.6) is 0 Å². The Hall–Kier alpha value is -1.51. The van der Waals surface area contributed by atoms with Crippen LogP contribution in [-0.4, -0.2) is 48.2 Å². The molecular formula is C24H31NO6.